The Balaban J connectivity index is 3.18. The van der Waals surface area contributed by atoms with Crippen molar-refractivity contribution in [3.05, 3.63) is 41.7 Å². The second-order valence-electron chi connectivity index (χ2n) is 7.67. The van der Waals surface area contributed by atoms with E-state index < -0.39 is 19.9 Å². The predicted molar refractivity (Wildman–Crippen MR) is 101 cm³/mol. The first-order valence-electron chi connectivity index (χ1n) is 8.25. The van der Waals surface area contributed by atoms with Crippen molar-refractivity contribution in [2.45, 2.75) is 65.8 Å². The first-order chi connectivity index (χ1) is 10.9. The van der Waals surface area contributed by atoms with Gasteiger partial charge >= 0.3 is 0 Å². The van der Waals surface area contributed by atoms with E-state index in [0.717, 1.165) is 5.56 Å². The quantitative estimate of drug-likeness (QED) is 0.358. The number of benzene rings is 1. The van der Waals surface area contributed by atoms with Crippen LogP contribution < -0.4 is 0 Å². The lowest BCUT2D eigenvalue weighted by Crippen LogP contribution is -2.40. The highest BCUT2D eigenvalue weighted by atomic mass is 28.4. The van der Waals surface area contributed by atoms with Crippen LogP contribution in [0.1, 0.15) is 40.2 Å². The lowest BCUT2D eigenvalue weighted by molar-refractivity contribution is -0.161. The van der Waals surface area contributed by atoms with Crippen molar-refractivity contribution < 1.29 is 18.6 Å². The molecule has 136 valence electrons. The van der Waals surface area contributed by atoms with Gasteiger partial charge in [0.15, 0.2) is 19.9 Å². The first kappa shape index (κ1) is 20.7. The molecule has 0 aromatic heterocycles. The van der Waals surface area contributed by atoms with E-state index in [9.17, 15) is 0 Å². The Morgan fingerprint density at radius 3 is 1.88 bits per heavy atom. The molecular weight excluding hydrogens is 320 g/mol. The van der Waals surface area contributed by atoms with E-state index in [1.807, 2.05) is 65.0 Å². The van der Waals surface area contributed by atoms with Crippen molar-refractivity contribution in [1.82, 2.24) is 0 Å². The molecule has 4 nitrogen and oxygen atoms in total. The highest BCUT2D eigenvalue weighted by Crippen LogP contribution is 2.30. The largest absolute Gasteiger partial charge is 0.465 e. The molecule has 0 radical (unpaired) electrons. The molecule has 0 fully saturated rings. The summed E-state index contributed by atoms with van der Waals surface area (Å²) in [7, 11) is -0.118. The van der Waals surface area contributed by atoms with Gasteiger partial charge in [-0.1, -0.05) is 30.3 Å². The molecule has 24 heavy (non-hydrogen) atoms. The fourth-order valence-corrected chi connectivity index (χ4v) is 3.90. The Labute approximate surface area is 147 Å². The van der Waals surface area contributed by atoms with Gasteiger partial charge in [-0.25, -0.2) is 0 Å². The van der Waals surface area contributed by atoms with Gasteiger partial charge in [-0.05, 0) is 40.4 Å². The molecule has 0 saturated carbocycles. The fourth-order valence-electron chi connectivity index (χ4n) is 2.38. The van der Waals surface area contributed by atoms with Gasteiger partial charge in [0.25, 0.3) is 0 Å². The normalized spacial score (nSPS) is 14.2. The summed E-state index contributed by atoms with van der Waals surface area (Å²) in [5.41, 5.74) is 0.934. The molecule has 0 heterocycles. The lowest BCUT2D eigenvalue weighted by atomic mass is 10.1. The summed E-state index contributed by atoms with van der Waals surface area (Å²) in [6, 6.07) is 9.88. The Hall–Kier alpha value is -1.30. The molecule has 5 heteroatoms. The van der Waals surface area contributed by atoms with Crippen molar-refractivity contribution >= 4 is 14.1 Å². The number of hydrogen-bond donors (Lipinski definition) is 0. The average molecular weight is 353 g/mol. The zero-order valence-corrected chi connectivity index (χ0v) is 17.5. The molecule has 0 spiro atoms. The summed E-state index contributed by atoms with van der Waals surface area (Å²) in [6.45, 7) is 15.9. The highest BCUT2D eigenvalue weighted by Gasteiger charge is 2.31. The summed E-state index contributed by atoms with van der Waals surface area (Å²) < 4.78 is 23.8. The van der Waals surface area contributed by atoms with Crippen molar-refractivity contribution in [1.29, 1.82) is 0 Å². The summed E-state index contributed by atoms with van der Waals surface area (Å²) in [5.74, 6) is -0.182. The minimum Gasteiger partial charge on any atom is -0.465 e. The van der Waals surface area contributed by atoms with Crippen LogP contribution in [0.3, 0.4) is 0 Å². The van der Waals surface area contributed by atoms with E-state index in [2.05, 4.69) is 19.6 Å². The van der Waals surface area contributed by atoms with Crippen LogP contribution >= 0.6 is 0 Å². The number of methoxy groups -OCH3 is 1. The molecule has 1 aromatic carbocycles. The van der Waals surface area contributed by atoms with E-state index in [1.54, 1.807) is 7.11 Å². The Morgan fingerprint density at radius 1 is 0.875 bits per heavy atom. The third-order valence-electron chi connectivity index (χ3n) is 3.15. The Morgan fingerprint density at radius 2 is 1.42 bits per heavy atom. The van der Waals surface area contributed by atoms with Gasteiger partial charge in [0, 0.05) is 26.5 Å². The maximum absolute atomic E-state index is 6.13. The van der Waals surface area contributed by atoms with Gasteiger partial charge in [0.05, 0.1) is 0 Å². The van der Waals surface area contributed by atoms with E-state index >= 15 is 0 Å². The van der Waals surface area contributed by atoms with Gasteiger partial charge < -0.3 is 18.6 Å². The van der Waals surface area contributed by atoms with Crippen LogP contribution in [-0.4, -0.2) is 27.0 Å². The fraction of sp³-hybridized carbons (Fsp3) is 0.579. The number of rotatable bonds is 8. The summed E-state index contributed by atoms with van der Waals surface area (Å²) >= 11 is 0. The zero-order valence-electron chi connectivity index (χ0n) is 16.5. The molecule has 1 rings (SSSR count). The van der Waals surface area contributed by atoms with Crippen molar-refractivity contribution in [2.75, 3.05) is 7.11 Å². The molecule has 0 unspecified atom stereocenters. The molecule has 1 aromatic rings. The summed E-state index contributed by atoms with van der Waals surface area (Å²) in [5, 5.41) is 0. The van der Waals surface area contributed by atoms with Crippen LogP contribution in [0, 0.1) is 0 Å². The van der Waals surface area contributed by atoms with Crippen LogP contribution in [-0.2, 0) is 18.6 Å². The highest BCUT2D eigenvalue weighted by molar-refractivity contribution is 6.69. The van der Waals surface area contributed by atoms with Crippen LogP contribution in [0.2, 0.25) is 19.6 Å². The van der Waals surface area contributed by atoms with Gasteiger partial charge in [-0.3, -0.25) is 0 Å². The third kappa shape index (κ3) is 7.07. The maximum Gasteiger partial charge on any atom is 0.204 e. The molecule has 0 aliphatic rings. The van der Waals surface area contributed by atoms with E-state index in [0.29, 0.717) is 11.5 Å². The molecule has 0 amide bonds. The Kier molecular flexibility index (Phi) is 6.67. The van der Waals surface area contributed by atoms with Gasteiger partial charge in [0.1, 0.15) is 5.76 Å². The third-order valence-corrected chi connectivity index (χ3v) is 4.25. The van der Waals surface area contributed by atoms with Gasteiger partial charge in [-0.2, -0.15) is 0 Å². The van der Waals surface area contributed by atoms with Crippen molar-refractivity contribution in [3.8, 4) is 0 Å². The van der Waals surface area contributed by atoms with Crippen molar-refractivity contribution in [3.63, 3.8) is 0 Å². The Bertz CT molecular complexity index is 556. The summed E-state index contributed by atoms with van der Waals surface area (Å²) in [6.07, 6.45) is 0. The molecule has 0 bridgehead atoms. The minimum absolute atomic E-state index is 0.648. The first-order valence-corrected chi connectivity index (χ1v) is 11.7. The van der Waals surface area contributed by atoms with Crippen LogP contribution in [0.5, 0.6) is 0 Å². The molecule has 0 saturated heterocycles. The van der Waals surface area contributed by atoms with Crippen molar-refractivity contribution in [2.24, 2.45) is 0 Å². The topological polar surface area (TPSA) is 36.9 Å². The maximum atomic E-state index is 6.13. The smallest absolute Gasteiger partial charge is 0.204 e. The summed E-state index contributed by atoms with van der Waals surface area (Å²) in [4.78, 5) is 0. The number of allylic oxidation sites excluding steroid dienone is 1. The van der Waals surface area contributed by atoms with E-state index in [1.165, 1.54) is 0 Å². The monoisotopic (exact) mass is 352 g/mol. The molecule has 0 N–H and O–H groups in total. The van der Waals surface area contributed by atoms with Crippen LogP contribution in [0.25, 0.3) is 5.76 Å². The lowest BCUT2D eigenvalue weighted by Gasteiger charge is -2.35. The number of hydrogen-bond acceptors (Lipinski definition) is 4. The SMILES string of the molecule is COC(C)(C)OC(=C(C)OC(C)(C)O[Si](C)(C)C)c1ccccc1. The number of ether oxygens (including phenoxy) is 3. The molecule has 0 aliphatic heterocycles. The van der Waals surface area contributed by atoms with Gasteiger partial charge in [0.2, 0.25) is 5.79 Å². The molecular formula is C19H32O4Si. The van der Waals surface area contributed by atoms with Crippen LogP contribution in [0.4, 0.5) is 0 Å². The van der Waals surface area contributed by atoms with E-state index in [-0.39, 0.29) is 0 Å². The zero-order chi connectivity index (χ0) is 18.6. The van der Waals surface area contributed by atoms with Crippen LogP contribution in [0.15, 0.2) is 36.1 Å². The molecule has 0 atom stereocenters. The minimum atomic E-state index is -1.74. The molecule has 0 aliphatic carbocycles. The average Bonchev–Trinajstić information content (AvgIpc) is 2.42. The van der Waals surface area contributed by atoms with Gasteiger partial charge in [-0.15, -0.1) is 0 Å². The second-order valence-corrected chi connectivity index (χ2v) is 12.1. The predicted octanol–water partition coefficient (Wildman–Crippen LogP) is 5.38. The standard InChI is InChI=1S/C19H32O4Si/c1-15(21-19(4,5)23-24(7,8)9)17(22-18(2,3)20-6)16-13-11-10-12-14-16/h10-14H,1-9H3. The second kappa shape index (κ2) is 7.72. The van der Waals surface area contributed by atoms with E-state index in [4.69, 9.17) is 18.6 Å².